The fourth-order valence-corrected chi connectivity index (χ4v) is 4.27. The number of hydrogen-bond acceptors (Lipinski definition) is 6. The zero-order valence-corrected chi connectivity index (χ0v) is 17.3. The highest BCUT2D eigenvalue weighted by atomic mass is 32.2. The van der Waals surface area contributed by atoms with Crippen molar-refractivity contribution in [1.82, 2.24) is 24.3 Å². The van der Waals surface area contributed by atoms with Crippen molar-refractivity contribution >= 4 is 22.1 Å². The van der Waals surface area contributed by atoms with Crippen LogP contribution in [0, 0.1) is 0 Å². The molecule has 2 atom stereocenters. The lowest BCUT2D eigenvalue weighted by molar-refractivity contribution is 0.0305. The molecule has 0 spiro atoms. The topological polar surface area (TPSA) is 123 Å². The fourth-order valence-electron chi connectivity index (χ4n) is 3.91. The van der Waals surface area contributed by atoms with E-state index >= 15 is 0 Å². The van der Waals surface area contributed by atoms with E-state index in [0.29, 0.717) is 35.4 Å². The Morgan fingerprint density at radius 3 is 2.72 bits per heavy atom. The van der Waals surface area contributed by atoms with E-state index in [9.17, 15) is 18.7 Å². The van der Waals surface area contributed by atoms with Crippen LogP contribution in [0.3, 0.4) is 0 Å². The molecule has 0 saturated heterocycles. The van der Waals surface area contributed by atoms with Gasteiger partial charge in [-0.3, -0.25) is 4.79 Å². The van der Waals surface area contributed by atoms with Crippen LogP contribution in [0.2, 0.25) is 0 Å². The molecule has 0 saturated carbocycles. The second-order valence-electron chi connectivity index (χ2n) is 7.61. The minimum Gasteiger partial charge on any atom is -0.384 e. The van der Waals surface area contributed by atoms with Crippen molar-refractivity contribution in [3.05, 3.63) is 45.8 Å². The zero-order chi connectivity index (χ0) is 20.9. The molecule has 0 radical (unpaired) electrons. The molecule has 3 aromatic rings. The first-order valence-electron chi connectivity index (χ1n) is 9.55. The molecule has 0 aromatic carbocycles. The molecular formula is C19H23N5O4S. The smallest absolute Gasteiger partial charge is 0.278 e. The molecule has 4 rings (SSSR count). The van der Waals surface area contributed by atoms with Crippen LogP contribution in [-0.4, -0.2) is 38.2 Å². The predicted octanol–water partition coefficient (Wildman–Crippen LogP) is 1.82. The third-order valence-electron chi connectivity index (χ3n) is 5.43. The van der Waals surface area contributed by atoms with Gasteiger partial charge in [0.15, 0.2) is 22.5 Å². The predicted molar refractivity (Wildman–Crippen MR) is 108 cm³/mol. The quantitative estimate of drug-likeness (QED) is 0.607. The van der Waals surface area contributed by atoms with E-state index in [1.807, 2.05) is 32.9 Å². The van der Waals surface area contributed by atoms with E-state index in [0.717, 1.165) is 12.0 Å². The van der Waals surface area contributed by atoms with Crippen molar-refractivity contribution < 1.29 is 13.9 Å². The molecule has 2 N–H and O–H groups in total. The number of fused-ring (bicyclic) bond motifs is 2. The standard InChI is InChI=1S/C19H23N5O4S/c1-4-19(26)8-7-12-5-6-15(22-16(12)19)24-17-13(18(25)23(24)11(2)3)9-20-14(21-17)10-29(27)28/h5-6,9,11,26H,4,7-8,10H2,1-3H3,(H,27,28)/t19-/m1/s1. The molecule has 154 valence electrons. The molecule has 0 aliphatic heterocycles. The van der Waals surface area contributed by atoms with Crippen molar-refractivity contribution in [1.29, 1.82) is 0 Å². The number of aryl methyl sites for hydroxylation is 1. The Balaban J connectivity index is 2.00. The molecular weight excluding hydrogens is 394 g/mol. The number of hydrogen-bond donors (Lipinski definition) is 2. The van der Waals surface area contributed by atoms with Crippen molar-refractivity contribution in [3.63, 3.8) is 0 Å². The molecule has 9 nitrogen and oxygen atoms in total. The van der Waals surface area contributed by atoms with Gasteiger partial charge in [-0.05, 0) is 44.7 Å². The van der Waals surface area contributed by atoms with Crippen LogP contribution in [-0.2, 0) is 28.9 Å². The summed E-state index contributed by atoms with van der Waals surface area (Å²) < 4.78 is 23.5. The highest BCUT2D eigenvalue weighted by molar-refractivity contribution is 7.78. The molecule has 3 heterocycles. The van der Waals surface area contributed by atoms with Gasteiger partial charge in [0.05, 0.1) is 5.69 Å². The summed E-state index contributed by atoms with van der Waals surface area (Å²) >= 11 is -2.10. The maximum Gasteiger partial charge on any atom is 0.278 e. The Hall–Kier alpha value is -2.43. The summed E-state index contributed by atoms with van der Waals surface area (Å²) in [5.74, 6) is 0.400. The molecule has 1 aliphatic rings. The number of aliphatic hydroxyl groups is 1. The molecule has 0 amide bonds. The van der Waals surface area contributed by atoms with Gasteiger partial charge in [0.2, 0.25) is 0 Å². The lowest BCUT2D eigenvalue weighted by Gasteiger charge is -2.22. The largest absolute Gasteiger partial charge is 0.384 e. The first kappa shape index (κ1) is 19.9. The molecule has 0 bridgehead atoms. The zero-order valence-electron chi connectivity index (χ0n) is 16.5. The van der Waals surface area contributed by atoms with Crippen LogP contribution in [0.5, 0.6) is 0 Å². The first-order valence-corrected chi connectivity index (χ1v) is 10.8. The minimum absolute atomic E-state index is 0.166. The third-order valence-corrected chi connectivity index (χ3v) is 5.93. The Bertz CT molecular complexity index is 1190. The van der Waals surface area contributed by atoms with Gasteiger partial charge in [0, 0.05) is 12.2 Å². The van der Waals surface area contributed by atoms with Crippen LogP contribution in [0.1, 0.15) is 56.7 Å². The van der Waals surface area contributed by atoms with E-state index in [-0.39, 0.29) is 23.2 Å². The lowest BCUT2D eigenvalue weighted by Crippen LogP contribution is -2.26. The number of nitrogens with zero attached hydrogens (tertiary/aromatic N) is 5. The monoisotopic (exact) mass is 417 g/mol. The van der Waals surface area contributed by atoms with Gasteiger partial charge >= 0.3 is 0 Å². The number of aromatic nitrogens is 5. The van der Waals surface area contributed by atoms with Crippen LogP contribution in [0.15, 0.2) is 23.1 Å². The molecule has 1 unspecified atom stereocenters. The molecule has 29 heavy (non-hydrogen) atoms. The average molecular weight is 417 g/mol. The van der Waals surface area contributed by atoms with Gasteiger partial charge in [-0.2, -0.15) is 0 Å². The van der Waals surface area contributed by atoms with E-state index in [1.54, 1.807) is 4.68 Å². The summed E-state index contributed by atoms with van der Waals surface area (Å²) in [5, 5.41) is 11.2. The van der Waals surface area contributed by atoms with E-state index in [1.165, 1.54) is 10.9 Å². The van der Waals surface area contributed by atoms with Crippen LogP contribution in [0.4, 0.5) is 0 Å². The Labute approximate surface area is 169 Å². The number of pyridine rings is 1. The third kappa shape index (κ3) is 3.21. The fraction of sp³-hybridized carbons (Fsp3) is 0.474. The maximum atomic E-state index is 13.0. The van der Waals surface area contributed by atoms with Crippen molar-refractivity contribution in [2.45, 2.75) is 57.4 Å². The summed E-state index contributed by atoms with van der Waals surface area (Å²) in [6.07, 6.45) is 3.31. The van der Waals surface area contributed by atoms with Gasteiger partial charge in [0.25, 0.3) is 5.56 Å². The SMILES string of the molecule is CC[C@@]1(O)CCc2ccc(-n3c4nc(CS(=O)O)ncc4c(=O)n3C(C)C)nc21. The number of rotatable bonds is 5. The molecule has 3 aromatic heterocycles. The first-order chi connectivity index (χ1) is 13.7. The highest BCUT2D eigenvalue weighted by Gasteiger charge is 2.37. The summed E-state index contributed by atoms with van der Waals surface area (Å²) in [6, 6.07) is 3.55. The van der Waals surface area contributed by atoms with Crippen molar-refractivity contribution in [3.8, 4) is 5.82 Å². The van der Waals surface area contributed by atoms with Gasteiger partial charge in [-0.25, -0.2) is 28.5 Å². The molecule has 10 heteroatoms. The van der Waals surface area contributed by atoms with Gasteiger partial charge < -0.3 is 9.66 Å². The van der Waals surface area contributed by atoms with Crippen molar-refractivity contribution in [2.24, 2.45) is 0 Å². The molecule has 0 fully saturated rings. The summed E-state index contributed by atoms with van der Waals surface area (Å²) in [5.41, 5.74) is 0.710. The summed E-state index contributed by atoms with van der Waals surface area (Å²) in [7, 11) is 0. The normalized spacial score (nSPS) is 19.8. The lowest BCUT2D eigenvalue weighted by atomic mass is 9.98. The van der Waals surface area contributed by atoms with Gasteiger partial charge in [0.1, 0.15) is 22.6 Å². The Morgan fingerprint density at radius 1 is 1.31 bits per heavy atom. The summed E-state index contributed by atoms with van der Waals surface area (Å²) in [4.78, 5) is 26.2. The minimum atomic E-state index is -2.10. The van der Waals surface area contributed by atoms with Gasteiger partial charge in [-0.15, -0.1) is 0 Å². The van der Waals surface area contributed by atoms with E-state index in [4.69, 9.17) is 4.98 Å². The van der Waals surface area contributed by atoms with E-state index < -0.39 is 16.7 Å². The average Bonchev–Trinajstić information content (AvgIpc) is 3.16. The van der Waals surface area contributed by atoms with E-state index in [2.05, 4.69) is 9.97 Å². The van der Waals surface area contributed by atoms with Crippen molar-refractivity contribution in [2.75, 3.05) is 0 Å². The van der Waals surface area contributed by atoms with Crippen LogP contribution < -0.4 is 5.56 Å². The summed E-state index contributed by atoms with van der Waals surface area (Å²) in [6.45, 7) is 5.68. The second kappa shape index (κ2) is 7.12. The highest BCUT2D eigenvalue weighted by Crippen LogP contribution is 2.38. The maximum absolute atomic E-state index is 13.0. The Kier molecular flexibility index (Phi) is 4.88. The van der Waals surface area contributed by atoms with Crippen LogP contribution in [0.25, 0.3) is 16.9 Å². The van der Waals surface area contributed by atoms with Crippen LogP contribution >= 0.6 is 0 Å². The second-order valence-corrected chi connectivity index (χ2v) is 8.54. The Morgan fingerprint density at radius 2 is 2.07 bits per heavy atom. The van der Waals surface area contributed by atoms with Gasteiger partial charge in [-0.1, -0.05) is 13.0 Å². The molecule has 1 aliphatic carbocycles.